The van der Waals surface area contributed by atoms with Crippen LogP contribution in [0.25, 0.3) is 0 Å². The molecule has 0 saturated carbocycles. The van der Waals surface area contributed by atoms with Gasteiger partial charge in [0.1, 0.15) is 0 Å². The average molecular weight is 278 g/mol. The number of carbonyl (C=O) groups excluding carboxylic acids is 1. The minimum absolute atomic E-state index is 0.166. The number of thiol groups is 1. The van der Waals surface area contributed by atoms with Crippen LogP contribution in [-0.4, -0.2) is 10.2 Å². The highest BCUT2D eigenvalue weighted by molar-refractivity contribution is 14.1. The molecular formula is C8H7IOS. The topological polar surface area (TPSA) is 17.1 Å². The Labute approximate surface area is 84.7 Å². The van der Waals surface area contributed by atoms with E-state index >= 15 is 0 Å². The summed E-state index contributed by atoms with van der Waals surface area (Å²) in [5, 5.41) is 0. The lowest BCUT2D eigenvalue weighted by Gasteiger charge is -1.95. The Morgan fingerprint density at radius 3 is 2.36 bits per heavy atom. The van der Waals surface area contributed by atoms with Crippen molar-refractivity contribution in [3.05, 3.63) is 29.8 Å². The molecule has 1 aromatic carbocycles. The molecule has 0 radical (unpaired) electrons. The highest BCUT2D eigenvalue weighted by Gasteiger charge is 2.01. The maximum absolute atomic E-state index is 11.1. The molecule has 11 heavy (non-hydrogen) atoms. The van der Waals surface area contributed by atoms with Gasteiger partial charge in [-0.25, -0.2) is 0 Å². The van der Waals surface area contributed by atoms with Crippen molar-refractivity contribution in [2.24, 2.45) is 0 Å². The predicted octanol–water partition coefficient (Wildman–Crippen LogP) is 2.59. The fourth-order valence-electron chi connectivity index (χ4n) is 0.724. The Kier molecular flexibility index (Phi) is 3.39. The summed E-state index contributed by atoms with van der Waals surface area (Å²) in [6, 6.07) is 7.23. The van der Waals surface area contributed by atoms with Crippen molar-refractivity contribution in [1.29, 1.82) is 0 Å². The van der Waals surface area contributed by atoms with Gasteiger partial charge in [0.15, 0.2) is 5.78 Å². The van der Waals surface area contributed by atoms with E-state index in [2.05, 4.69) is 35.2 Å². The first-order chi connectivity index (χ1) is 5.24. The fourth-order valence-corrected chi connectivity index (χ4v) is 1.31. The van der Waals surface area contributed by atoms with Crippen LogP contribution in [0.4, 0.5) is 0 Å². The maximum atomic E-state index is 11.1. The molecule has 0 heterocycles. The monoisotopic (exact) mass is 278 g/mol. The molecule has 3 heteroatoms. The van der Waals surface area contributed by atoms with Gasteiger partial charge in [-0.1, -0.05) is 34.7 Å². The quantitative estimate of drug-likeness (QED) is 0.381. The lowest BCUT2D eigenvalue weighted by atomic mass is 10.2. The van der Waals surface area contributed by atoms with Crippen LogP contribution in [0.15, 0.2) is 29.2 Å². The summed E-state index contributed by atoms with van der Waals surface area (Å²) in [5.41, 5.74) is 0.761. The summed E-state index contributed by atoms with van der Waals surface area (Å²) in [5.74, 6) is 0.166. The van der Waals surface area contributed by atoms with E-state index < -0.39 is 0 Å². The first-order valence-electron chi connectivity index (χ1n) is 3.12. The molecule has 0 unspecified atom stereocenters. The molecule has 0 bridgehead atoms. The standard InChI is InChI=1S/C8H7IOS/c9-5-8(10)6-1-3-7(11)4-2-6/h1-4,11H,5H2. The second-order valence-electron chi connectivity index (χ2n) is 2.10. The summed E-state index contributed by atoms with van der Waals surface area (Å²) in [6.07, 6.45) is 0. The van der Waals surface area contributed by atoms with E-state index in [1.807, 2.05) is 12.1 Å². The van der Waals surface area contributed by atoms with Gasteiger partial charge in [-0.2, -0.15) is 0 Å². The first kappa shape index (κ1) is 9.06. The summed E-state index contributed by atoms with van der Waals surface area (Å²) in [7, 11) is 0. The number of alkyl halides is 1. The molecule has 0 aliphatic heterocycles. The number of rotatable bonds is 2. The summed E-state index contributed by atoms with van der Waals surface area (Å²) in [6.45, 7) is 0. The normalized spacial score (nSPS) is 9.64. The third-order valence-corrected chi connectivity index (χ3v) is 2.30. The van der Waals surface area contributed by atoms with E-state index in [1.54, 1.807) is 12.1 Å². The number of Topliss-reactive ketones (excluding diaryl/α,β-unsaturated/α-hetero) is 1. The summed E-state index contributed by atoms with van der Waals surface area (Å²) >= 11 is 6.17. The van der Waals surface area contributed by atoms with Crippen LogP contribution in [0.2, 0.25) is 0 Å². The van der Waals surface area contributed by atoms with Crippen LogP contribution < -0.4 is 0 Å². The SMILES string of the molecule is O=C(CI)c1ccc(S)cc1. The molecule has 1 nitrogen and oxygen atoms in total. The molecule has 0 atom stereocenters. The lowest BCUT2D eigenvalue weighted by Crippen LogP contribution is -1.98. The van der Waals surface area contributed by atoms with Crippen molar-refractivity contribution in [1.82, 2.24) is 0 Å². The highest BCUT2D eigenvalue weighted by atomic mass is 127. The molecule has 0 aliphatic carbocycles. The molecule has 0 saturated heterocycles. The maximum Gasteiger partial charge on any atom is 0.172 e. The van der Waals surface area contributed by atoms with Crippen LogP contribution in [0.3, 0.4) is 0 Å². The first-order valence-corrected chi connectivity index (χ1v) is 5.09. The number of benzene rings is 1. The molecule has 0 fully saturated rings. The van der Waals surface area contributed by atoms with Crippen molar-refractivity contribution in [3.8, 4) is 0 Å². The van der Waals surface area contributed by atoms with Gasteiger partial charge < -0.3 is 0 Å². The molecule has 0 aliphatic rings. The second kappa shape index (κ2) is 4.11. The van der Waals surface area contributed by atoms with Crippen molar-refractivity contribution >= 4 is 41.0 Å². The fraction of sp³-hybridized carbons (Fsp3) is 0.125. The molecule has 0 N–H and O–H groups in total. The third-order valence-electron chi connectivity index (χ3n) is 1.31. The number of ketones is 1. The van der Waals surface area contributed by atoms with Gasteiger partial charge in [-0.3, -0.25) is 4.79 Å². The Morgan fingerprint density at radius 2 is 1.91 bits per heavy atom. The van der Waals surface area contributed by atoms with Gasteiger partial charge in [0.25, 0.3) is 0 Å². The smallest absolute Gasteiger partial charge is 0.172 e. The van der Waals surface area contributed by atoms with Crippen LogP contribution in [-0.2, 0) is 0 Å². The van der Waals surface area contributed by atoms with E-state index in [9.17, 15) is 4.79 Å². The average Bonchev–Trinajstić information content (AvgIpc) is 2.05. The van der Waals surface area contributed by atoms with Crippen LogP contribution >= 0.6 is 35.2 Å². The Bertz CT molecular complexity index is 255. The Morgan fingerprint density at radius 1 is 1.36 bits per heavy atom. The minimum atomic E-state index is 0.166. The zero-order valence-electron chi connectivity index (χ0n) is 5.75. The number of hydrogen-bond acceptors (Lipinski definition) is 2. The predicted molar refractivity (Wildman–Crippen MR) is 56.9 cm³/mol. The van der Waals surface area contributed by atoms with Gasteiger partial charge in [0.05, 0.1) is 4.43 Å². The molecular weight excluding hydrogens is 271 g/mol. The van der Waals surface area contributed by atoms with E-state index in [-0.39, 0.29) is 5.78 Å². The van der Waals surface area contributed by atoms with E-state index in [0.29, 0.717) is 4.43 Å². The van der Waals surface area contributed by atoms with Crippen LogP contribution in [0, 0.1) is 0 Å². The van der Waals surface area contributed by atoms with Crippen molar-refractivity contribution in [3.63, 3.8) is 0 Å². The molecule has 0 spiro atoms. The molecule has 0 aromatic heterocycles. The molecule has 1 rings (SSSR count). The van der Waals surface area contributed by atoms with Crippen molar-refractivity contribution in [2.45, 2.75) is 4.90 Å². The van der Waals surface area contributed by atoms with Crippen LogP contribution in [0.5, 0.6) is 0 Å². The van der Waals surface area contributed by atoms with Gasteiger partial charge in [0, 0.05) is 10.5 Å². The van der Waals surface area contributed by atoms with Gasteiger partial charge in [-0.15, -0.1) is 12.6 Å². The van der Waals surface area contributed by atoms with E-state index in [4.69, 9.17) is 0 Å². The number of carbonyl (C=O) groups is 1. The molecule has 1 aromatic rings. The molecule has 58 valence electrons. The molecule has 0 amide bonds. The summed E-state index contributed by atoms with van der Waals surface area (Å²) in [4.78, 5) is 12.0. The number of halogens is 1. The van der Waals surface area contributed by atoms with Crippen LogP contribution in [0.1, 0.15) is 10.4 Å². The zero-order valence-corrected chi connectivity index (χ0v) is 8.80. The van der Waals surface area contributed by atoms with Gasteiger partial charge in [0.2, 0.25) is 0 Å². The second-order valence-corrected chi connectivity index (χ2v) is 3.38. The minimum Gasteiger partial charge on any atom is -0.293 e. The lowest BCUT2D eigenvalue weighted by molar-refractivity contribution is 0.102. The summed E-state index contributed by atoms with van der Waals surface area (Å²) < 4.78 is 0.531. The third kappa shape index (κ3) is 2.48. The zero-order chi connectivity index (χ0) is 8.27. The van der Waals surface area contributed by atoms with Crippen molar-refractivity contribution < 1.29 is 4.79 Å². The number of hydrogen-bond donors (Lipinski definition) is 1. The Hall–Kier alpha value is -0.0300. The highest BCUT2D eigenvalue weighted by Crippen LogP contribution is 2.08. The van der Waals surface area contributed by atoms with E-state index in [1.165, 1.54) is 0 Å². The van der Waals surface area contributed by atoms with E-state index in [0.717, 1.165) is 10.5 Å². The Balaban J connectivity index is 2.90. The van der Waals surface area contributed by atoms with Crippen molar-refractivity contribution in [2.75, 3.05) is 4.43 Å². The largest absolute Gasteiger partial charge is 0.293 e. The van der Waals surface area contributed by atoms with Gasteiger partial charge in [-0.05, 0) is 12.1 Å². The van der Waals surface area contributed by atoms with Gasteiger partial charge >= 0.3 is 0 Å².